The predicted octanol–water partition coefficient (Wildman–Crippen LogP) is 3.03. The molecule has 3 amide bonds. The van der Waals surface area contributed by atoms with E-state index in [0.717, 1.165) is 35.9 Å². The molecular formula is C25H27FN4O3. The Bertz CT molecular complexity index is 1160. The fourth-order valence-electron chi connectivity index (χ4n) is 3.28. The Balaban J connectivity index is 1.64. The highest BCUT2D eigenvalue weighted by Gasteiger charge is 2.16. The molecule has 3 aromatic rings. The van der Waals surface area contributed by atoms with Crippen LogP contribution in [0.3, 0.4) is 0 Å². The molecule has 0 heterocycles. The number of hydrogen-bond acceptors (Lipinski definition) is 4. The molecule has 0 aliphatic heterocycles. The highest BCUT2D eigenvalue weighted by atomic mass is 19.1. The Hall–Kier alpha value is -3.78. The molecule has 0 saturated heterocycles. The second kappa shape index (κ2) is 11.2. The summed E-state index contributed by atoms with van der Waals surface area (Å²) in [6.45, 7) is 1.11. The van der Waals surface area contributed by atoms with Crippen LogP contribution >= 0.6 is 0 Å². The molecule has 3 N–H and O–H groups in total. The fraction of sp³-hybridized carbons (Fsp3) is 0.240. The Labute approximate surface area is 192 Å². The number of anilines is 1. The molecule has 0 aliphatic rings. The summed E-state index contributed by atoms with van der Waals surface area (Å²) in [4.78, 5) is 39.4. The van der Waals surface area contributed by atoms with Gasteiger partial charge in [0.2, 0.25) is 5.91 Å². The van der Waals surface area contributed by atoms with Crippen molar-refractivity contribution >= 4 is 34.2 Å². The molecule has 0 spiro atoms. The van der Waals surface area contributed by atoms with E-state index in [1.807, 2.05) is 49.3 Å². The van der Waals surface area contributed by atoms with Crippen molar-refractivity contribution in [2.45, 2.75) is 6.42 Å². The molecule has 0 aromatic heterocycles. The SMILES string of the molecule is CN(C)CCCNC(=O)CNC(=O)c1ccc(F)cc1NC(=O)c1ccc2ccccc2c1. The first-order valence-electron chi connectivity index (χ1n) is 10.6. The largest absolute Gasteiger partial charge is 0.355 e. The van der Waals surface area contributed by atoms with E-state index in [-0.39, 0.29) is 23.7 Å². The quantitative estimate of drug-likeness (QED) is 0.437. The van der Waals surface area contributed by atoms with E-state index >= 15 is 0 Å². The highest BCUT2D eigenvalue weighted by molar-refractivity contribution is 6.10. The van der Waals surface area contributed by atoms with Crippen LogP contribution in [0.2, 0.25) is 0 Å². The minimum Gasteiger partial charge on any atom is -0.355 e. The van der Waals surface area contributed by atoms with Crippen LogP contribution in [0.15, 0.2) is 60.7 Å². The van der Waals surface area contributed by atoms with Gasteiger partial charge in [-0.25, -0.2) is 4.39 Å². The van der Waals surface area contributed by atoms with E-state index in [4.69, 9.17) is 0 Å². The smallest absolute Gasteiger partial charge is 0.255 e. The number of rotatable bonds is 9. The van der Waals surface area contributed by atoms with Gasteiger partial charge in [-0.3, -0.25) is 14.4 Å². The lowest BCUT2D eigenvalue weighted by atomic mass is 10.1. The van der Waals surface area contributed by atoms with E-state index in [1.165, 1.54) is 6.07 Å². The van der Waals surface area contributed by atoms with E-state index in [2.05, 4.69) is 16.0 Å². The van der Waals surface area contributed by atoms with Crippen LogP contribution in [0.1, 0.15) is 27.1 Å². The standard InChI is InChI=1S/C25H27FN4O3/c1-30(2)13-5-12-27-23(31)16-28-25(33)21-11-10-20(26)15-22(21)29-24(32)19-9-8-17-6-3-4-7-18(17)14-19/h3-4,6-11,14-15H,5,12-13,16H2,1-2H3,(H,27,31)(H,28,33)(H,29,32). The van der Waals surface area contributed by atoms with Crippen molar-refractivity contribution in [3.05, 3.63) is 77.6 Å². The summed E-state index contributed by atoms with van der Waals surface area (Å²) in [5.74, 6) is -1.99. The summed E-state index contributed by atoms with van der Waals surface area (Å²) in [5.41, 5.74) is 0.462. The lowest BCUT2D eigenvalue weighted by Crippen LogP contribution is -2.38. The van der Waals surface area contributed by atoms with Crippen molar-refractivity contribution in [2.75, 3.05) is 39.0 Å². The van der Waals surface area contributed by atoms with E-state index in [9.17, 15) is 18.8 Å². The first-order valence-corrected chi connectivity index (χ1v) is 10.6. The number of benzene rings is 3. The van der Waals surface area contributed by atoms with Gasteiger partial charge in [-0.15, -0.1) is 0 Å². The van der Waals surface area contributed by atoms with Gasteiger partial charge >= 0.3 is 0 Å². The number of nitrogens with one attached hydrogen (secondary N) is 3. The van der Waals surface area contributed by atoms with Gasteiger partial charge in [0.25, 0.3) is 11.8 Å². The molecule has 0 aliphatic carbocycles. The van der Waals surface area contributed by atoms with Gasteiger partial charge in [0.1, 0.15) is 5.82 Å². The Morgan fingerprint density at radius 2 is 1.64 bits per heavy atom. The van der Waals surface area contributed by atoms with Crippen LogP contribution in [0, 0.1) is 5.82 Å². The number of fused-ring (bicyclic) bond motifs is 1. The number of halogens is 1. The molecule has 172 valence electrons. The summed E-state index contributed by atoms with van der Waals surface area (Å²) < 4.78 is 13.9. The number of amides is 3. The number of carbonyl (C=O) groups is 3. The zero-order valence-corrected chi connectivity index (χ0v) is 18.7. The van der Waals surface area contributed by atoms with Gasteiger partial charge in [-0.1, -0.05) is 30.3 Å². The summed E-state index contributed by atoms with van der Waals surface area (Å²) in [5, 5.41) is 9.72. The van der Waals surface area contributed by atoms with Gasteiger partial charge in [0, 0.05) is 12.1 Å². The van der Waals surface area contributed by atoms with Crippen molar-refractivity contribution in [3.8, 4) is 0 Å². The van der Waals surface area contributed by atoms with E-state index < -0.39 is 17.6 Å². The number of carbonyl (C=O) groups excluding carboxylic acids is 3. The lowest BCUT2D eigenvalue weighted by molar-refractivity contribution is -0.120. The predicted molar refractivity (Wildman–Crippen MR) is 127 cm³/mol. The van der Waals surface area contributed by atoms with Crippen molar-refractivity contribution in [1.82, 2.24) is 15.5 Å². The molecule has 0 unspecified atom stereocenters. The van der Waals surface area contributed by atoms with Gasteiger partial charge in [-0.05, 0) is 68.2 Å². The minimum atomic E-state index is -0.598. The average molecular weight is 451 g/mol. The number of hydrogen-bond donors (Lipinski definition) is 3. The second-order valence-electron chi connectivity index (χ2n) is 7.90. The van der Waals surface area contributed by atoms with Gasteiger partial charge in [0.05, 0.1) is 17.8 Å². The first kappa shape index (κ1) is 23.9. The Kier molecular flexibility index (Phi) is 8.10. The summed E-state index contributed by atoms with van der Waals surface area (Å²) in [6, 6.07) is 16.3. The third-order valence-corrected chi connectivity index (χ3v) is 5.00. The van der Waals surface area contributed by atoms with E-state index in [0.29, 0.717) is 12.1 Å². The molecule has 3 rings (SSSR count). The average Bonchev–Trinajstić information content (AvgIpc) is 2.80. The third-order valence-electron chi connectivity index (χ3n) is 5.00. The van der Waals surface area contributed by atoms with Crippen LogP contribution in [0.25, 0.3) is 10.8 Å². The lowest BCUT2D eigenvalue weighted by Gasteiger charge is -2.13. The monoisotopic (exact) mass is 450 g/mol. The second-order valence-corrected chi connectivity index (χ2v) is 7.90. The van der Waals surface area contributed by atoms with Gasteiger partial charge in [0.15, 0.2) is 0 Å². The Morgan fingerprint density at radius 1 is 0.879 bits per heavy atom. The molecular weight excluding hydrogens is 423 g/mol. The summed E-state index contributed by atoms with van der Waals surface area (Å²) in [7, 11) is 3.89. The zero-order valence-electron chi connectivity index (χ0n) is 18.7. The summed E-state index contributed by atoms with van der Waals surface area (Å²) >= 11 is 0. The van der Waals surface area contributed by atoms with Crippen LogP contribution in [-0.4, -0.2) is 56.4 Å². The maximum absolute atomic E-state index is 13.9. The van der Waals surface area contributed by atoms with Crippen LogP contribution in [0.4, 0.5) is 10.1 Å². The summed E-state index contributed by atoms with van der Waals surface area (Å²) in [6.07, 6.45) is 0.787. The van der Waals surface area contributed by atoms with Crippen molar-refractivity contribution in [3.63, 3.8) is 0 Å². The molecule has 3 aromatic carbocycles. The molecule has 0 fully saturated rings. The molecule has 7 nitrogen and oxygen atoms in total. The normalized spacial score (nSPS) is 10.8. The van der Waals surface area contributed by atoms with Crippen molar-refractivity contribution < 1.29 is 18.8 Å². The molecule has 33 heavy (non-hydrogen) atoms. The van der Waals surface area contributed by atoms with Crippen molar-refractivity contribution in [2.24, 2.45) is 0 Å². The third kappa shape index (κ3) is 6.85. The molecule has 0 bridgehead atoms. The molecule has 0 atom stereocenters. The van der Waals surface area contributed by atoms with Crippen molar-refractivity contribution in [1.29, 1.82) is 0 Å². The maximum atomic E-state index is 13.9. The van der Waals surface area contributed by atoms with Gasteiger partial charge < -0.3 is 20.9 Å². The molecule has 8 heteroatoms. The Morgan fingerprint density at radius 3 is 2.39 bits per heavy atom. The minimum absolute atomic E-state index is 0.0250. The van der Waals surface area contributed by atoms with Crippen LogP contribution in [-0.2, 0) is 4.79 Å². The van der Waals surface area contributed by atoms with Crippen LogP contribution in [0.5, 0.6) is 0 Å². The highest BCUT2D eigenvalue weighted by Crippen LogP contribution is 2.20. The van der Waals surface area contributed by atoms with Crippen LogP contribution < -0.4 is 16.0 Å². The molecule has 0 saturated carbocycles. The molecule has 0 radical (unpaired) electrons. The first-order chi connectivity index (χ1) is 15.8. The topological polar surface area (TPSA) is 90.5 Å². The number of nitrogens with zero attached hydrogens (tertiary/aromatic N) is 1. The fourth-order valence-corrected chi connectivity index (χ4v) is 3.28. The van der Waals surface area contributed by atoms with E-state index in [1.54, 1.807) is 12.1 Å². The zero-order chi connectivity index (χ0) is 23.8. The van der Waals surface area contributed by atoms with Gasteiger partial charge in [-0.2, -0.15) is 0 Å². The maximum Gasteiger partial charge on any atom is 0.255 e.